The number of aliphatic carboxylic acids is 1. The highest BCUT2D eigenvalue weighted by Crippen LogP contribution is 2.67. The molecule has 0 aliphatic heterocycles. The van der Waals surface area contributed by atoms with Crippen LogP contribution < -0.4 is 0 Å². The van der Waals surface area contributed by atoms with Crippen molar-refractivity contribution in [2.24, 2.45) is 39.9 Å². The summed E-state index contributed by atoms with van der Waals surface area (Å²) in [6.07, 6.45) is 2.56. The van der Waals surface area contributed by atoms with E-state index in [0.717, 1.165) is 48.8 Å². The number of allylic oxidation sites excluding steroid dienone is 3. The third-order valence-electron chi connectivity index (χ3n) is 12.0. The zero-order valence-corrected chi connectivity index (χ0v) is 27.9. The molecule has 0 aromatic heterocycles. The molecule has 4 rings (SSSR count). The van der Waals surface area contributed by atoms with E-state index in [0.29, 0.717) is 11.8 Å². The monoisotopic (exact) mass is 614 g/mol. The minimum atomic E-state index is -1.09. The van der Waals surface area contributed by atoms with Crippen molar-refractivity contribution in [3.8, 4) is 0 Å². The van der Waals surface area contributed by atoms with Crippen LogP contribution in [0.3, 0.4) is 0 Å². The fourth-order valence-electron chi connectivity index (χ4n) is 9.57. The predicted molar refractivity (Wildman–Crippen MR) is 167 cm³/mol. The van der Waals surface area contributed by atoms with Gasteiger partial charge in [-0.2, -0.15) is 0 Å². The van der Waals surface area contributed by atoms with Crippen molar-refractivity contribution in [1.29, 1.82) is 0 Å². The molecule has 0 bridgehead atoms. The van der Waals surface area contributed by atoms with E-state index in [-0.39, 0.29) is 31.1 Å². The highest BCUT2D eigenvalue weighted by molar-refractivity contribution is 5.76. The SMILES string of the molecule is C=C(CC[C@@H](C)[C@H]1CC=C2C3=C([C@@H](O)[C@H](OC(C)=O)[C@@]21C)[C@@]1(C)C[C@@H](OC(=O)CCC(=O)O)[C@H](O)C(C)(C)[C@@H]1CC3)C(C)C. The van der Waals surface area contributed by atoms with E-state index in [4.69, 9.17) is 14.6 Å². The number of carbonyl (C=O) groups is 3. The lowest BCUT2D eigenvalue weighted by atomic mass is 9.45. The second-order valence-corrected chi connectivity index (χ2v) is 15.3. The summed E-state index contributed by atoms with van der Waals surface area (Å²) in [5.74, 6) is -1.33. The number of aliphatic hydroxyl groups excluding tert-OH is 2. The lowest BCUT2D eigenvalue weighted by Gasteiger charge is -2.62. The predicted octanol–water partition coefficient (Wildman–Crippen LogP) is 6.15. The van der Waals surface area contributed by atoms with Crippen LogP contribution in [0.2, 0.25) is 0 Å². The van der Waals surface area contributed by atoms with Crippen LogP contribution >= 0.6 is 0 Å². The average molecular weight is 615 g/mol. The minimum Gasteiger partial charge on any atom is -0.481 e. The second-order valence-electron chi connectivity index (χ2n) is 15.3. The van der Waals surface area contributed by atoms with Gasteiger partial charge in [0.15, 0.2) is 0 Å². The summed E-state index contributed by atoms with van der Waals surface area (Å²) in [4.78, 5) is 36.3. The van der Waals surface area contributed by atoms with Gasteiger partial charge in [-0.3, -0.25) is 14.4 Å². The normalized spacial score (nSPS) is 36.5. The van der Waals surface area contributed by atoms with Crippen LogP contribution in [0.1, 0.15) is 107 Å². The molecule has 8 heteroatoms. The van der Waals surface area contributed by atoms with Crippen LogP contribution in [0.4, 0.5) is 0 Å². The Bertz CT molecular complexity index is 1240. The highest BCUT2D eigenvalue weighted by atomic mass is 16.6. The molecule has 1 fully saturated rings. The van der Waals surface area contributed by atoms with Gasteiger partial charge in [0.05, 0.1) is 18.9 Å². The summed E-state index contributed by atoms with van der Waals surface area (Å²) in [6, 6.07) is 0. The van der Waals surface area contributed by atoms with Crippen molar-refractivity contribution in [2.45, 2.75) is 131 Å². The van der Waals surface area contributed by atoms with E-state index < -0.39 is 58.6 Å². The Kier molecular flexibility index (Phi) is 9.69. The summed E-state index contributed by atoms with van der Waals surface area (Å²) < 4.78 is 11.8. The molecule has 0 heterocycles. The first-order valence-electron chi connectivity index (χ1n) is 16.4. The molecule has 9 atom stereocenters. The molecule has 1 saturated carbocycles. The van der Waals surface area contributed by atoms with Gasteiger partial charge in [-0.25, -0.2) is 0 Å². The highest BCUT2D eigenvalue weighted by Gasteiger charge is 2.65. The lowest BCUT2D eigenvalue weighted by molar-refractivity contribution is -0.194. The van der Waals surface area contributed by atoms with E-state index in [1.54, 1.807) is 0 Å². The Morgan fingerprint density at radius 1 is 1.05 bits per heavy atom. The van der Waals surface area contributed by atoms with E-state index in [9.17, 15) is 24.6 Å². The number of carboxylic acid groups (broad SMARTS) is 1. The fraction of sp³-hybridized carbons (Fsp3) is 0.750. The molecule has 44 heavy (non-hydrogen) atoms. The molecule has 4 aliphatic carbocycles. The van der Waals surface area contributed by atoms with Crippen molar-refractivity contribution >= 4 is 17.9 Å². The summed E-state index contributed by atoms with van der Waals surface area (Å²) >= 11 is 0. The van der Waals surface area contributed by atoms with Crippen molar-refractivity contribution < 1.29 is 39.2 Å². The Morgan fingerprint density at radius 2 is 1.70 bits per heavy atom. The second kappa shape index (κ2) is 12.4. The van der Waals surface area contributed by atoms with Crippen molar-refractivity contribution in [3.63, 3.8) is 0 Å². The van der Waals surface area contributed by atoms with Crippen LogP contribution in [0, 0.1) is 39.9 Å². The zero-order chi connectivity index (χ0) is 32.9. The number of esters is 2. The molecule has 3 N–H and O–H groups in total. The van der Waals surface area contributed by atoms with E-state index >= 15 is 0 Å². The number of aliphatic hydroxyl groups is 2. The third-order valence-corrected chi connectivity index (χ3v) is 12.0. The van der Waals surface area contributed by atoms with Gasteiger partial charge in [-0.15, -0.1) is 0 Å². The van der Waals surface area contributed by atoms with Crippen LogP contribution in [0.15, 0.2) is 34.9 Å². The van der Waals surface area contributed by atoms with E-state index in [2.05, 4.69) is 47.3 Å². The number of rotatable bonds is 10. The molecule has 8 nitrogen and oxygen atoms in total. The first-order chi connectivity index (χ1) is 20.4. The Hall–Kier alpha value is -2.45. The molecule has 246 valence electrons. The maximum atomic E-state index is 12.7. The maximum Gasteiger partial charge on any atom is 0.306 e. The number of hydrogen-bond donors (Lipinski definition) is 3. The average Bonchev–Trinajstić information content (AvgIpc) is 3.28. The number of carbonyl (C=O) groups excluding carboxylic acids is 2. The van der Waals surface area contributed by atoms with Gasteiger partial charge in [0.25, 0.3) is 0 Å². The lowest BCUT2D eigenvalue weighted by Crippen LogP contribution is -2.63. The molecule has 0 aromatic rings. The van der Waals surface area contributed by atoms with Gasteiger partial charge in [-0.1, -0.05) is 66.7 Å². The van der Waals surface area contributed by atoms with Gasteiger partial charge in [-0.05, 0) is 89.7 Å². The van der Waals surface area contributed by atoms with Gasteiger partial charge < -0.3 is 24.8 Å². The first-order valence-corrected chi connectivity index (χ1v) is 16.4. The molecule has 0 unspecified atom stereocenters. The van der Waals surface area contributed by atoms with Crippen molar-refractivity contribution in [1.82, 2.24) is 0 Å². The fourth-order valence-corrected chi connectivity index (χ4v) is 9.57. The minimum absolute atomic E-state index is 0.0338. The summed E-state index contributed by atoms with van der Waals surface area (Å²) in [5, 5.41) is 32.9. The molecule has 4 aliphatic rings. The van der Waals surface area contributed by atoms with Gasteiger partial charge >= 0.3 is 17.9 Å². The van der Waals surface area contributed by atoms with Crippen LogP contribution in [0.5, 0.6) is 0 Å². The Morgan fingerprint density at radius 3 is 2.30 bits per heavy atom. The molecule has 0 radical (unpaired) electrons. The molecule has 0 spiro atoms. The summed E-state index contributed by atoms with van der Waals surface area (Å²) in [5.41, 5.74) is 2.43. The van der Waals surface area contributed by atoms with Gasteiger partial charge in [0.1, 0.15) is 18.3 Å². The summed E-state index contributed by atoms with van der Waals surface area (Å²) in [6.45, 7) is 20.4. The number of fused-ring (bicyclic) bond motifs is 4. The molecule has 0 aromatic carbocycles. The van der Waals surface area contributed by atoms with Crippen LogP contribution in [0.25, 0.3) is 0 Å². The summed E-state index contributed by atoms with van der Waals surface area (Å²) in [7, 11) is 0. The van der Waals surface area contributed by atoms with Crippen LogP contribution in [-0.4, -0.2) is 57.6 Å². The standard InChI is InChI=1S/C36H54O8/c1-19(2)20(3)10-11-21(4)24-13-14-25-23-12-15-27-34(6,7)32(42)26(44-29(40)17-16-28(38)39)18-35(27,8)30(23)31(41)33(36(24,25)9)43-22(5)37/h14,19,21,24,26-27,31-33,41-42H,3,10-13,15-18H2,1-2,4-9H3,(H,38,39)/t21-,24-,26-,27+,31-,32+,33+,35+,36-/m1/s1. The number of carboxylic acids is 1. The number of hydrogen-bond acceptors (Lipinski definition) is 7. The molecular weight excluding hydrogens is 560 g/mol. The van der Waals surface area contributed by atoms with Crippen molar-refractivity contribution in [2.75, 3.05) is 0 Å². The van der Waals surface area contributed by atoms with Crippen molar-refractivity contribution in [3.05, 3.63) is 34.9 Å². The Balaban J connectivity index is 1.75. The topological polar surface area (TPSA) is 130 Å². The van der Waals surface area contributed by atoms with Gasteiger partial charge in [0, 0.05) is 12.3 Å². The van der Waals surface area contributed by atoms with Crippen LogP contribution in [-0.2, 0) is 23.9 Å². The third kappa shape index (κ3) is 5.81. The smallest absolute Gasteiger partial charge is 0.306 e. The maximum absolute atomic E-state index is 12.7. The first kappa shape index (κ1) is 34.4. The largest absolute Gasteiger partial charge is 0.481 e. The number of ether oxygens (including phenoxy) is 2. The zero-order valence-electron chi connectivity index (χ0n) is 27.9. The van der Waals surface area contributed by atoms with E-state index in [1.165, 1.54) is 12.5 Å². The molecule has 0 saturated heterocycles. The molecular formula is C36H54O8. The molecule has 0 amide bonds. The van der Waals surface area contributed by atoms with Gasteiger partial charge in [0.2, 0.25) is 0 Å². The van der Waals surface area contributed by atoms with E-state index in [1.807, 2.05) is 13.8 Å². The Labute approximate surface area is 263 Å². The quantitative estimate of drug-likeness (QED) is 0.197.